The summed E-state index contributed by atoms with van der Waals surface area (Å²) in [7, 11) is 0. The zero-order chi connectivity index (χ0) is 41.0. The van der Waals surface area contributed by atoms with Crippen molar-refractivity contribution in [1.82, 2.24) is 0 Å². The van der Waals surface area contributed by atoms with E-state index < -0.39 is 24.6 Å². The molecule has 0 bridgehead atoms. The number of aryl methyl sites for hydroxylation is 2. The van der Waals surface area contributed by atoms with Gasteiger partial charge in [0, 0.05) is 18.9 Å². The quantitative estimate of drug-likeness (QED) is 0.0522. The second kappa shape index (κ2) is 24.9. The van der Waals surface area contributed by atoms with Crippen LogP contribution in [-0.4, -0.2) is 62.6 Å². The summed E-state index contributed by atoms with van der Waals surface area (Å²) in [6, 6.07) is 8.80. The minimum atomic E-state index is -0.898. The summed E-state index contributed by atoms with van der Waals surface area (Å²) in [5, 5.41) is 24.6. The molecule has 0 saturated heterocycles. The molecule has 0 atom stereocenters. The number of carbonyl (C=O) groups excluding carboxylic acids is 6. The Morgan fingerprint density at radius 2 is 0.965 bits per heavy atom. The third-order valence-corrected chi connectivity index (χ3v) is 8.09. The molecule has 0 aliphatic heterocycles. The topological polar surface area (TPSA) is 222 Å². The molecule has 57 heavy (non-hydrogen) atoms. The van der Waals surface area contributed by atoms with Crippen LogP contribution in [0.1, 0.15) is 90.2 Å². The third kappa shape index (κ3) is 16.2. The molecular formula is C40H46CuO16. The van der Waals surface area contributed by atoms with E-state index >= 15 is 0 Å². The first-order chi connectivity index (χ1) is 26.9. The van der Waals surface area contributed by atoms with Crippen LogP contribution in [0.25, 0.3) is 0 Å². The number of rotatable bonds is 14. The van der Waals surface area contributed by atoms with E-state index in [2.05, 4.69) is 0 Å². The van der Waals surface area contributed by atoms with Crippen molar-refractivity contribution in [2.75, 3.05) is 26.4 Å². The maximum Gasteiger partial charge on any atom is 2.00 e. The first-order valence-corrected chi connectivity index (χ1v) is 18.4. The van der Waals surface area contributed by atoms with Gasteiger partial charge in [-0.1, -0.05) is 0 Å². The Hall–Kier alpha value is -5.54. The van der Waals surface area contributed by atoms with Gasteiger partial charge in [0.15, 0.2) is 11.6 Å². The van der Waals surface area contributed by atoms with Gasteiger partial charge in [-0.05, 0) is 132 Å². The Kier molecular flexibility index (Phi) is 20.8. The van der Waals surface area contributed by atoms with Gasteiger partial charge in [-0.2, -0.15) is 0 Å². The number of ketones is 2. The van der Waals surface area contributed by atoms with Crippen LogP contribution in [0.15, 0.2) is 59.1 Å². The summed E-state index contributed by atoms with van der Waals surface area (Å²) in [6.45, 7) is 7.18. The molecule has 313 valence electrons. The summed E-state index contributed by atoms with van der Waals surface area (Å²) in [5.74, 6) is -0.0250. The van der Waals surface area contributed by atoms with Gasteiger partial charge in [0.2, 0.25) is 0 Å². The van der Waals surface area contributed by atoms with Crippen molar-refractivity contribution >= 4 is 36.2 Å². The molecule has 2 fully saturated rings. The van der Waals surface area contributed by atoms with Gasteiger partial charge in [0.25, 0.3) is 0 Å². The molecule has 0 unspecified atom stereocenters. The number of ether oxygens (including phenoxy) is 8. The Morgan fingerprint density at radius 3 is 1.39 bits per heavy atom. The number of hydrogen-bond acceptors (Lipinski definition) is 16. The Labute approximate surface area is 340 Å². The normalized spacial score (nSPS) is 14.9. The van der Waals surface area contributed by atoms with Crippen molar-refractivity contribution in [2.24, 2.45) is 0 Å². The smallest absolute Gasteiger partial charge is 0.875 e. The molecule has 0 amide bonds. The van der Waals surface area contributed by atoms with E-state index in [9.17, 15) is 39.0 Å². The van der Waals surface area contributed by atoms with Crippen LogP contribution in [0.5, 0.6) is 23.0 Å². The standard InChI is InChI=1S/2C20H24O8.Cu/c1-3-25-19(23)27-14-9-11-18(28-20(24)26-4-2)13(12-14)8-10-17(22)15-6-5-7-16(15)21;1-3-25-19(23)27-14-10-13(11-15(12-14)28-20(24)26-4-2)8-9-18(22)16-6-5-7-17(16)21;/h9,11-12,22H,3-8,10H2,1-2H3;10-12,22H,3-9H2,1-2H3;/q;;+2/p-2/b17-15-;18-16-;. The fraction of sp³-hybridized carbons (Fsp3) is 0.450. The van der Waals surface area contributed by atoms with E-state index in [4.69, 9.17) is 37.9 Å². The minimum Gasteiger partial charge on any atom is -0.875 e. The molecule has 4 rings (SSSR count). The van der Waals surface area contributed by atoms with Crippen molar-refractivity contribution in [3.8, 4) is 23.0 Å². The Bertz CT molecular complexity index is 1760. The van der Waals surface area contributed by atoms with Crippen LogP contribution in [-0.2, 0) is 58.4 Å². The SMILES string of the molecule is CCOC(=O)Oc1cc(CC/C([O-])=C2\CCCC2=O)cc(OC(=O)OCC)c1.CCOC(=O)Oc1ccc(OC(=O)OCC)c(CC/C([O-])=C2\CCCC2=O)c1.[Cu+2]. The van der Waals surface area contributed by atoms with E-state index in [0.717, 1.165) is 0 Å². The number of allylic oxidation sites excluding steroid dienone is 4. The second-order valence-corrected chi connectivity index (χ2v) is 12.1. The average Bonchev–Trinajstić information content (AvgIpc) is 3.78. The predicted molar refractivity (Wildman–Crippen MR) is 192 cm³/mol. The van der Waals surface area contributed by atoms with Gasteiger partial charge in [-0.25, -0.2) is 19.2 Å². The maximum atomic E-state index is 12.3. The molecule has 1 radical (unpaired) electrons. The number of Topliss-reactive ketones (excluding diaryl/α,β-unsaturated/α-hetero) is 2. The number of benzene rings is 2. The van der Waals surface area contributed by atoms with Crippen LogP contribution < -0.4 is 29.2 Å². The maximum absolute atomic E-state index is 12.3. The van der Waals surface area contributed by atoms with Crippen molar-refractivity contribution in [3.63, 3.8) is 0 Å². The second-order valence-electron chi connectivity index (χ2n) is 12.1. The Balaban J connectivity index is 0.000000387. The van der Waals surface area contributed by atoms with Gasteiger partial charge in [-0.3, -0.25) is 9.59 Å². The zero-order valence-electron chi connectivity index (χ0n) is 32.2. The molecular weight excluding hydrogens is 800 g/mol. The predicted octanol–water partition coefficient (Wildman–Crippen LogP) is 6.11. The molecule has 2 aliphatic rings. The molecule has 2 aromatic rings. The molecule has 0 heterocycles. The first-order valence-electron chi connectivity index (χ1n) is 18.4. The van der Waals surface area contributed by atoms with Gasteiger partial charge in [-0.15, -0.1) is 11.5 Å². The van der Waals surface area contributed by atoms with Gasteiger partial charge >= 0.3 is 41.7 Å². The Morgan fingerprint density at radius 1 is 0.544 bits per heavy atom. The molecule has 2 aromatic carbocycles. The summed E-state index contributed by atoms with van der Waals surface area (Å²) in [4.78, 5) is 69.7. The first kappa shape index (κ1) is 47.6. The number of hydrogen-bond donors (Lipinski definition) is 0. The molecule has 2 aliphatic carbocycles. The molecule has 0 aromatic heterocycles. The van der Waals surface area contributed by atoms with Crippen LogP contribution in [0.2, 0.25) is 0 Å². The van der Waals surface area contributed by atoms with Gasteiger partial charge in [0.1, 0.15) is 23.0 Å². The molecule has 16 nitrogen and oxygen atoms in total. The van der Waals surface area contributed by atoms with Crippen molar-refractivity contribution < 1.29 is 93.9 Å². The molecule has 0 N–H and O–H groups in total. The summed E-state index contributed by atoms with van der Waals surface area (Å²) >= 11 is 0. The summed E-state index contributed by atoms with van der Waals surface area (Å²) in [6.07, 6.45) is 0.380. The van der Waals surface area contributed by atoms with E-state index in [1.807, 2.05) is 0 Å². The van der Waals surface area contributed by atoms with Crippen LogP contribution >= 0.6 is 0 Å². The van der Waals surface area contributed by atoms with Gasteiger partial charge < -0.3 is 48.1 Å². The third-order valence-electron chi connectivity index (χ3n) is 8.09. The largest absolute Gasteiger partial charge is 2.00 e. The van der Waals surface area contributed by atoms with Gasteiger partial charge in [0.05, 0.1) is 26.4 Å². The zero-order valence-corrected chi connectivity index (χ0v) is 33.1. The number of carbonyl (C=O) groups is 6. The van der Waals surface area contributed by atoms with Crippen molar-refractivity contribution in [1.29, 1.82) is 0 Å². The van der Waals surface area contributed by atoms with Crippen molar-refractivity contribution in [3.05, 3.63) is 70.2 Å². The van der Waals surface area contributed by atoms with E-state index in [1.54, 1.807) is 39.8 Å². The molecule has 0 spiro atoms. The van der Waals surface area contributed by atoms with Crippen LogP contribution in [0, 0.1) is 0 Å². The van der Waals surface area contributed by atoms with E-state index in [-0.39, 0.29) is 115 Å². The van der Waals surface area contributed by atoms with E-state index in [1.165, 1.54) is 24.3 Å². The average molecular weight is 846 g/mol. The molecule has 2 saturated carbocycles. The molecule has 17 heteroatoms. The minimum absolute atomic E-state index is 0. The summed E-state index contributed by atoms with van der Waals surface area (Å²) in [5.41, 5.74) is 1.77. The fourth-order valence-electron chi connectivity index (χ4n) is 5.60. The summed E-state index contributed by atoms with van der Waals surface area (Å²) < 4.78 is 39.3. The monoisotopic (exact) mass is 845 g/mol. The van der Waals surface area contributed by atoms with E-state index in [0.29, 0.717) is 60.8 Å². The van der Waals surface area contributed by atoms with Crippen LogP contribution in [0.3, 0.4) is 0 Å². The van der Waals surface area contributed by atoms with Crippen LogP contribution in [0.4, 0.5) is 19.2 Å². The fourth-order valence-corrected chi connectivity index (χ4v) is 5.60. The van der Waals surface area contributed by atoms with Crippen molar-refractivity contribution in [2.45, 2.75) is 91.9 Å².